The first-order valence-corrected chi connectivity index (χ1v) is 10.3. The van der Waals surface area contributed by atoms with Crippen molar-refractivity contribution in [2.45, 2.75) is 29.4 Å². The minimum Gasteiger partial charge on any atom is -0.332 e. The average Bonchev–Trinajstić information content (AvgIpc) is 3.08. The number of carbonyl (C=O) groups is 1. The highest BCUT2D eigenvalue weighted by Crippen LogP contribution is 2.30. The third kappa shape index (κ3) is 4.62. The molecule has 8 nitrogen and oxygen atoms in total. The van der Waals surface area contributed by atoms with Gasteiger partial charge in [0.1, 0.15) is 16.6 Å². The maximum atomic E-state index is 12.6. The monoisotopic (exact) mass is 471 g/mol. The molecule has 1 N–H and O–H groups in total. The average molecular weight is 472 g/mol. The van der Waals surface area contributed by atoms with E-state index in [4.69, 9.17) is 11.6 Å². The van der Waals surface area contributed by atoms with Gasteiger partial charge < -0.3 is 5.32 Å². The van der Waals surface area contributed by atoms with E-state index in [0.29, 0.717) is 28.2 Å². The van der Waals surface area contributed by atoms with Crippen LogP contribution in [-0.4, -0.2) is 40.1 Å². The van der Waals surface area contributed by atoms with Gasteiger partial charge in [0.25, 0.3) is 15.7 Å². The van der Waals surface area contributed by atoms with Crippen molar-refractivity contribution in [3.63, 3.8) is 0 Å². The van der Waals surface area contributed by atoms with Crippen molar-refractivity contribution in [1.82, 2.24) is 20.1 Å². The Bertz CT molecular complexity index is 1300. The number of nitrogens with zero attached hydrogens (tertiary/aromatic N) is 4. The summed E-state index contributed by atoms with van der Waals surface area (Å²) in [5.74, 6) is -0.780. The Labute approximate surface area is 179 Å². The molecule has 0 saturated carbocycles. The Hall–Kier alpha value is -3.17. The summed E-state index contributed by atoms with van der Waals surface area (Å²) < 4.78 is 62.1. The van der Waals surface area contributed by atoms with Gasteiger partial charge in [-0.1, -0.05) is 11.6 Å². The zero-order valence-electron chi connectivity index (χ0n) is 15.7. The molecule has 0 fully saturated rings. The van der Waals surface area contributed by atoms with Crippen LogP contribution < -0.4 is 5.32 Å². The summed E-state index contributed by atoms with van der Waals surface area (Å²) in [5, 5.41) is 16.6. The molecule has 2 aromatic heterocycles. The second kappa shape index (κ2) is 7.82. The summed E-state index contributed by atoms with van der Waals surface area (Å²) in [5.41, 5.74) is -6.01. The minimum absolute atomic E-state index is 0.0657. The predicted octanol–water partition coefficient (Wildman–Crippen LogP) is 3.09. The number of nitrogens with one attached hydrogen (secondary N) is 1. The highest BCUT2D eigenvalue weighted by molar-refractivity contribution is 7.92. The van der Waals surface area contributed by atoms with Crippen LogP contribution in [0.15, 0.2) is 47.6 Å². The number of halogens is 4. The number of carbonyl (C=O) groups excluding carboxylic acids is 1. The molecule has 2 heterocycles. The van der Waals surface area contributed by atoms with Crippen LogP contribution in [0.25, 0.3) is 11.0 Å². The number of sulfone groups is 1. The fourth-order valence-corrected chi connectivity index (χ4v) is 3.59. The van der Waals surface area contributed by atoms with E-state index < -0.39 is 31.7 Å². The molecule has 1 unspecified atom stereocenters. The number of amides is 1. The van der Waals surface area contributed by atoms with E-state index in [2.05, 4.69) is 15.4 Å². The van der Waals surface area contributed by atoms with E-state index in [1.54, 1.807) is 12.3 Å². The Morgan fingerprint density at radius 1 is 1.26 bits per heavy atom. The van der Waals surface area contributed by atoms with Crippen LogP contribution in [0, 0.1) is 11.3 Å². The quantitative estimate of drug-likeness (QED) is 0.611. The lowest BCUT2D eigenvalue weighted by Gasteiger charge is -2.23. The molecule has 0 saturated heterocycles. The molecule has 1 aromatic carbocycles. The molecule has 3 rings (SSSR count). The van der Waals surface area contributed by atoms with Crippen LogP contribution in [0.5, 0.6) is 0 Å². The lowest BCUT2D eigenvalue weighted by atomic mass is 10.0. The second-order valence-electron chi connectivity index (χ2n) is 6.76. The van der Waals surface area contributed by atoms with Crippen molar-refractivity contribution in [3.8, 4) is 6.07 Å². The highest BCUT2D eigenvalue weighted by atomic mass is 35.5. The fourth-order valence-electron chi connectivity index (χ4n) is 2.68. The van der Waals surface area contributed by atoms with Gasteiger partial charge in [0.2, 0.25) is 0 Å². The Kier molecular flexibility index (Phi) is 5.68. The molecule has 0 aliphatic rings. The SMILES string of the molecule is CC(C#N)(Cn1cc2ncc(Cl)cc2n1)NC(=O)c1ccc(S(=O)(=O)C(F)(F)F)cc1. The maximum Gasteiger partial charge on any atom is 0.501 e. The fraction of sp³-hybridized carbons (Fsp3) is 0.222. The molecule has 1 atom stereocenters. The number of hydrogen-bond acceptors (Lipinski definition) is 6. The second-order valence-corrected chi connectivity index (χ2v) is 9.13. The molecule has 0 spiro atoms. The van der Waals surface area contributed by atoms with Crippen LogP contribution >= 0.6 is 11.6 Å². The summed E-state index contributed by atoms with van der Waals surface area (Å²) in [6, 6.07) is 6.75. The van der Waals surface area contributed by atoms with Crippen molar-refractivity contribution < 1.29 is 26.4 Å². The standard InChI is InChI=1S/C18H13ClF3N5O3S/c1-17(9-23,10-27-8-15-14(26-27)6-12(19)7-24-15)25-16(28)11-2-4-13(5-3-11)31(29,30)18(20,21)22/h2-8H,10H2,1H3,(H,25,28). The number of nitriles is 1. The third-order valence-electron chi connectivity index (χ3n) is 4.22. The van der Waals surface area contributed by atoms with Crippen LogP contribution in [-0.2, 0) is 16.4 Å². The maximum absolute atomic E-state index is 12.6. The first-order valence-electron chi connectivity index (χ1n) is 8.48. The number of hydrogen-bond donors (Lipinski definition) is 1. The van der Waals surface area contributed by atoms with Gasteiger partial charge in [-0.2, -0.15) is 23.5 Å². The largest absolute Gasteiger partial charge is 0.501 e. The summed E-state index contributed by atoms with van der Waals surface area (Å²) in [4.78, 5) is 15.6. The molecular formula is C18H13ClF3N5O3S. The summed E-state index contributed by atoms with van der Waals surface area (Å²) in [6.07, 6.45) is 2.99. The molecule has 0 aliphatic carbocycles. The number of aromatic nitrogens is 3. The topological polar surface area (TPSA) is 118 Å². The van der Waals surface area contributed by atoms with Gasteiger partial charge in [-0.25, -0.2) is 8.42 Å². The lowest BCUT2D eigenvalue weighted by Crippen LogP contribution is -2.48. The number of pyridine rings is 1. The first-order chi connectivity index (χ1) is 14.3. The van der Waals surface area contributed by atoms with Crippen LogP contribution in [0.3, 0.4) is 0 Å². The number of fused-ring (bicyclic) bond motifs is 1. The molecule has 13 heteroatoms. The van der Waals surface area contributed by atoms with Gasteiger partial charge >= 0.3 is 5.51 Å². The van der Waals surface area contributed by atoms with Gasteiger partial charge in [0, 0.05) is 11.8 Å². The molecular weight excluding hydrogens is 459 g/mol. The van der Waals surface area contributed by atoms with Gasteiger partial charge in [-0.15, -0.1) is 0 Å². The van der Waals surface area contributed by atoms with Crippen molar-refractivity contribution >= 4 is 38.4 Å². The van der Waals surface area contributed by atoms with Gasteiger partial charge in [0.15, 0.2) is 0 Å². The zero-order valence-corrected chi connectivity index (χ0v) is 17.3. The number of rotatable bonds is 5. The normalized spacial score (nSPS) is 14.1. The number of benzene rings is 1. The Morgan fingerprint density at radius 3 is 2.48 bits per heavy atom. The van der Waals surface area contributed by atoms with E-state index >= 15 is 0 Å². The van der Waals surface area contributed by atoms with Crippen molar-refractivity contribution in [2.75, 3.05) is 0 Å². The highest BCUT2D eigenvalue weighted by Gasteiger charge is 2.46. The third-order valence-corrected chi connectivity index (χ3v) is 5.93. The van der Waals surface area contributed by atoms with E-state index in [1.165, 1.54) is 17.8 Å². The van der Waals surface area contributed by atoms with Crippen LogP contribution in [0.2, 0.25) is 5.02 Å². The summed E-state index contributed by atoms with van der Waals surface area (Å²) in [6.45, 7) is 1.36. The minimum atomic E-state index is -5.53. The van der Waals surface area contributed by atoms with E-state index in [0.717, 1.165) is 12.1 Å². The molecule has 0 bridgehead atoms. The molecule has 0 radical (unpaired) electrons. The van der Waals surface area contributed by atoms with Crippen molar-refractivity contribution in [2.24, 2.45) is 0 Å². The zero-order chi connectivity index (χ0) is 23.0. The molecule has 31 heavy (non-hydrogen) atoms. The Balaban J connectivity index is 1.79. The van der Waals surface area contributed by atoms with E-state index in [9.17, 15) is 31.6 Å². The van der Waals surface area contributed by atoms with Crippen molar-refractivity contribution in [3.05, 3.63) is 53.3 Å². The van der Waals surface area contributed by atoms with Crippen LogP contribution in [0.1, 0.15) is 17.3 Å². The van der Waals surface area contributed by atoms with Gasteiger partial charge in [0.05, 0.1) is 28.7 Å². The lowest BCUT2D eigenvalue weighted by molar-refractivity contribution is -0.0436. The molecule has 1 amide bonds. The van der Waals surface area contributed by atoms with Crippen LogP contribution in [0.4, 0.5) is 13.2 Å². The van der Waals surface area contributed by atoms with Gasteiger partial charge in [-0.3, -0.25) is 14.5 Å². The number of alkyl halides is 3. The molecule has 0 aliphatic heterocycles. The smallest absolute Gasteiger partial charge is 0.332 e. The first kappa shape index (κ1) is 22.5. The predicted molar refractivity (Wildman–Crippen MR) is 104 cm³/mol. The van der Waals surface area contributed by atoms with Gasteiger partial charge in [-0.05, 0) is 37.3 Å². The molecule has 162 valence electrons. The van der Waals surface area contributed by atoms with Crippen molar-refractivity contribution in [1.29, 1.82) is 5.26 Å². The summed E-state index contributed by atoms with van der Waals surface area (Å²) in [7, 11) is -5.53. The van der Waals surface area contributed by atoms with E-state index in [1.807, 2.05) is 6.07 Å². The van der Waals surface area contributed by atoms with E-state index in [-0.39, 0.29) is 12.1 Å². The molecule has 3 aromatic rings. The Morgan fingerprint density at radius 2 is 1.90 bits per heavy atom. The summed E-state index contributed by atoms with van der Waals surface area (Å²) >= 11 is 5.87.